The molecule has 70 valence electrons. The monoisotopic (exact) mass is 173 g/mol. The number of carboxylic acids is 1. The summed E-state index contributed by atoms with van der Waals surface area (Å²) in [6.07, 6.45) is 1.81. The van der Waals surface area contributed by atoms with E-state index in [1.165, 1.54) is 0 Å². The van der Waals surface area contributed by atoms with Gasteiger partial charge in [0, 0.05) is 19.4 Å². The van der Waals surface area contributed by atoms with Crippen molar-refractivity contribution in [2.45, 2.75) is 32.6 Å². The van der Waals surface area contributed by atoms with E-state index in [-0.39, 0.29) is 12.3 Å². The van der Waals surface area contributed by atoms with Gasteiger partial charge in [-0.3, -0.25) is 9.59 Å². The Morgan fingerprint density at radius 1 is 1.25 bits per heavy atom. The summed E-state index contributed by atoms with van der Waals surface area (Å²) < 4.78 is 0. The Kier molecular flexibility index (Phi) is 6.05. The molecule has 0 heterocycles. The molecule has 0 rings (SSSR count). The van der Waals surface area contributed by atoms with Crippen LogP contribution in [0.15, 0.2) is 0 Å². The Labute approximate surface area is 72.0 Å². The molecule has 0 saturated carbocycles. The summed E-state index contributed by atoms with van der Waals surface area (Å²) in [6, 6.07) is 0. The minimum Gasteiger partial charge on any atom is -0.481 e. The van der Waals surface area contributed by atoms with Gasteiger partial charge in [-0.1, -0.05) is 0 Å². The Hall–Kier alpha value is -1.06. The van der Waals surface area contributed by atoms with Crippen LogP contribution < -0.4 is 5.32 Å². The van der Waals surface area contributed by atoms with Crippen molar-refractivity contribution in [3.8, 4) is 0 Å². The van der Waals surface area contributed by atoms with E-state index >= 15 is 0 Å². The number of unbranched alkanes of at least 4 members (excludes halogenated alkanes) is 1. The summed E-state index contributed by atoms with van der Waals surface area (Å²) in [4.78, 5) is 20.9. The molecule has 0 radical (unpaired) electrons. The average molecular weight is 173 g/mol. The van der Waals surface area contributed by atoms with Crippen LogP contribution in [0.25, 0.3) is 0 Å². The molecule has 0 spiro atoms. The molecule has 0 aliphatic carbocycles. The summed E-state index contributed by atoms with van der Waals surface area (Å²) in [7, 11) is 0. The van der Waals surface area contributed by atoms with Crippen LogP contribution in [0.5, 0.6) is 0 Å². The normalized spacial score (nSPS) is 9.42. The Morgan fingerprint density at radius 2 is 1.83 bits per heavy atom. The highest BCUT2D eigenvalue weighted by molar-refractivity contribution is 5.75. The minimum atomic E-state index is -0.800. The zero-order chi connectivity index (χ0) is 9.40. The molecule has 0 fully saturated rings. The van der Waals surface area contributed by atoms with Crippen LogP contribution in [-0.4, -0.2) is 23.5 Å². The highest BCUT2D eigenvalue weighted by Crippen LogP contribution is 1.99. The van der Waals surface area contributed by atoms with Crippen molar-refractivity contribution in [3.05, 3.63) is 0 Å². The third-order valence-corrected chi connectivity index (χ3v) is 1.42. The number of hydrogen-bond acceptors (Lipinski definition) is 2. The third kappa shape index (κ3) is 7.05. The summed E-state index contributed by atoms with van der Waals surface area (Å²) in [5.41, 5.74) is 0. The molecule has 0 bridgehead atoms. The van der Waals surface area contributed by atoms with Crippen molar-refractivity contribution in [1.29, 1.82) is 0 Å². The minimum absolute atomic E-state index is 0.00267. The van der Waals surface area contributed by atoms with Crippen molar-refractivity contribution >= 4 is 11.9 Å². The van der Waals surface area contributed by atoms with Crippen molar-refractivity contribution in [3.63, 3.8) is 0 Å². The van der Waals surface area contributed by atoms with Gasteiger partial charge in [0.25, 0.3) is 0 Å². The van der Waals surface area contributed by atoms with Gasteiger partial charge in [-0.2, -0.15) is 0 Å². The lowest BCUT2D eigenvalue weighted by molar-refractivity contribution is -0.137. The number of carboxylic acid groups (broad SMARTS) is 1. The van der Waals surface area contributed by atoms with Crippen LogP contribution in [0.2, 0.25) is 0 Å². The lowest BCUT2D eigenvalue weighted by atomic mass is 10.2. The predicted octanol–water partition coefficient (Wildman–Crippen LogP) is 0.767. The number of hydrogen-bond donors (Lipinski definition) is 2. The molecule has 12 heavy (non-hydrogen) atoms. The van der Waals surface area contributed by atoms with Gasteiger partial charge >= 0.3 is 5.97 Å². The number of aliphatic carboxylic acids is 1. The first-order valence-corrected chi connectivity index (χ1v) is 4.15. The molecule has 4 nitrogen and oxygen atoms in total. The van der Waals surface area contributed by atoms with Crippen LogP contribution in [0.3, 0.4) is 0 Å². The largest absolute Gasteiger partial charge is 0.481 e. The molecule has 0 aromatic heterocycles. The fraction of sp³-hybridized carbons (Fsp3) is 0.750. The number of carbonyl (C=O) groups is 2. The summed E-state index contributed by atoms with van der Waals surface area (Å²) >= 11 is 0. The van der Waals surface area contributed by atoms with Gasteiger partial charge in [0.05, 0.1) is 0 Å². The SMILES string of the molecule is CCNC(=O)CCCCC(=O)O. The lowest BCUT2D eigenvalue weighted by Gasteiger charge is -1.99. The maximum absolute atomic E-state index is 10.8. The average Bonchev–Trinajstić information content (AvgIpc) is 1.98. The second-order valence-corrected chi connectivity index (χ2v) is 2.55. The molecule has 0 atom stereocenters. The van der Waals surface area contributed by atoms with Gasteiger partial charge in [-0.15, -0.1) is 0 Å². The summed E-state index contributed by atoms with van der Waals surface area (Å²) in [6.45, 7) is 2.49. The molecular weight excluding hydrogens is 158 g/mol. The van der Waals surface area contributed by atoms with Crippen LogP contribution in [0, 0.1) is 0 Å². The lowest BCUT2D eigenvalue weighted by Crippen LogP contribution is -2.22. The topological polar surface area (TPSA) is 66.4 Å². The maximum atomic E-state index is 10.8. The predicted molar refractivity (Wildman–Crippen MR) is 44.8 cm³/mol. The molecule has 2 N–H and O–H groups in total. The number of nitrogens with one attached hydrogen (secondary N) is 1. The van der Waals surface area contributed by atoms with Crippen molar-refractivity contribution in [2.24, 2.45) is 0 Å². The van der Waals surface area contributed by atoms with Crippen LogP contribution in [0.1, 0.15) is 32.6 Å². The fourth-order valence-corrected chi connectivity index (χ4v) is 0.847. The van der Waals surface area contributed by atoms with Crippen molar-refractivity contribution in [2.75, 3.05) is 6.54 Å². The van der Waals surface area contributed by atoms with Gasteiger partial charge in [0.15, 0.2) is 0 Å². The van der Waals surface area contributed by atoms with Crippen molar-refractivity contribution < 1.29 is 14.7 Å². The van der Waals surface area contributed by atoms with E-state index in [9.17, 15) is 9.59 Å². The van der Waals surface area contributed by atoms with Crippen LogP contribution in [-0.2, 0) is 9.59 Å². The number of amides is 1. The van der Waals surface area contributed by atoms with E-state index in [1.54, 1.807) is 0 Å². The zero-order valence-electron chi connectivity index (χ0n) is 7.30. The Balaban J connectivity index is 3.19. The second kappa shape index (κ2) is 6.64. The summed E-state index contributed by atoms with van der Waals surface area (Å²) in [5, 5.41) is 10.9. The van der Waals surface area contributed by atoms with Gasteiger partial charge < -0.3 is 10.4 Å². The molecule has 0 saturated heterocycles. The van der Waals surface area contributed by atoms with E-state index in [1.807, 2.05) is 6.92 Å². The first-order valence-electron chi connectivity index (χ1n) is 4.15. The molecule has 0 aromatic carbocycles. The fourth-order valence-electron chi connectivity index (χ4n) is 0.847. The second-order valence-electron chi connectivity index (χ2n) is 2.55. The first kappa shape index (κ1) is 10.9. The first-order chi connectivity index (χ1) is 5.66. The molecule has 0 aliphatic heterocycles. The molecule has 0 aliphatic rings. The summed E-state index contributed by atoms with van der Waals surface area (Å²) in [5.74, 6) is -0.797. The quantitative estimate of drug-likeness (QED) is 0.583. The van der Waals surface area contributed by atoms with Gasteiger partial charge in [-0.25, -0.2) is 0 Å². The van der Waals surface area contributed by atoms with Crippen LogP contribution in [0.4, 0.5) is 0 Å². The van der Waals surface area contributed by atoms with Gasteiger partial charge in [0.2, 0.25) is 5.91 Å². The van der Waals surface area contributed by atoms with Crippen molar-refractivity contribution in [1.82, 2.24) is 5.32 Å². The Morgan fingerprint density at radius 3 is 2.33 bits per heavy atom. The van der Waals surface area contributed by atoms with E-state index in [0.717, 1.165) is 0 Å². The van der Waals surface area contributed by atoms with Gasteiger partial charge in [0.1, 0.15) is 0 Å². The molecule has 0 unspecified atom stereocenters. The smallest absolute Gasteiger partial charge is 0.303 e. The maximum Gasteiger partial charge on any atom is 0.303 e. The molecule has 0 aromatic rings. The van der Waals surface area contributed by atoms with E-state index < -0.39 is 5.97 Å². The van der Waals surface area contributed by atoms with Gasteiger partial charge in [-0.05, 0) is 19.8 Å². The zero-order valence-corrected chi connectivity index (χ0v) is 7.30. The number of rotatable bonds is 6. The highest BCUT2D eigenvalue weighted by Gasteiger charge is 2.00. The standard InChI is InChI=1S/C8H15NO3/c1-2-9-7(10)5-3-4-6-8(11)12/h2-6H2,1H3,(H,9,10)(H,11,12). The van der Waals surface area contributed by atoms with E-state index in [4.69, 9.17) is 5.11 Å². The molecule has 4 heteroatoms. The van der Waals surface area contributed by atoms with E-state index in [0.29, 0.717) is 25.8 Å². The van der Waals surface area contributed by atoms with E-state index in [2.05, 4.69) is 5.32 Å². The number of carbonyl (C=O) groups excluding carboxylic acids is 1. The third-order valence-electron chi connectivity index (χ3n) is 1.42. The molecule has 1 amide bonds. The molecular formula is C8H15NO3. The van der Waals surface area contributed by atoms with Crippen LogP contribution >= 0.6 is 0 Å². The highest BCUT2D eigenvalue weighted by atomic mass is 16.4. The Bertz CT molecular complexity index is 156.